The summed E-state index contributed by atoms with van der Waals surface area (Å²) < 4.78 is 5.08. The molecule has 0 bridgehead atoms. The van der Waals surface area contributed by atoms with E-state index < -0.39 is 5.91 Å². The van der Waals surface area contributed by atoms with Crippen molar-refractivity contribution in [2.24, 2.45) is 0 Å². The molecule has 27 heavy (non-hydrogen) atoms. The van der Waals surface area contributed by atoms with E-state index in [1.54, 1.807) is 30.3 Å². The van der Waals surface area contributed by atoms with Crippen LogP contribution in [0.5, 0.6) is 0 Å². The number of carbonyl (C=O) groups is 2. The van der Waals surface area contributed by atoms with Crippen molar-refractivity contribution in [1.82, 2.24) is 0 Å². The lowest BCUT2D eigenvalue weighted by Gasteiger charge is -2.13. The van der Waals surface area contributed by atoms with Gasteiger partial charge in [-0.3, -0.25) is 9.59 Å². The predicted molar refractivity (Wildman–Crippen MR) is 106 cm³/mol. The van der Waals surface area contributed by atoms with Gasteiger partial charge in [-0.15, -0.1) is 0 Å². The molecule has 0 aliphatic carbocycles. The Balaban J connectivity index is 1.65. The van der Waals surface area contributed by atoms with Gasteiger partial charge < -0.3 is 20.4 Å². The summed E-state index contributed by atoms with van der Waals surface area (Å²) in [6.45, 7) is 1.98. The minimum atomic E-state index is -0.408. The summed E-state index contributed by atoms with van der Waals surface area (Å²) in [5.41, 5.74) is 2.80. The van der Waals surface area contributed by atoms with Gasteiger partial charge in [-0.05, 0) is 55.0 Å². The first-order valence-corrected chi connectivity index (χ1v) is 8.64. The Hall–Kier alpha value is -3.25. The van der Waals surface area contributed by atoms with Gasteiger partial charge in [0.25, 0.3) is 5.91 Å². The van der Waals surface area contributed by atoms with Crippen LogP contribution in [0.2, 0.25) is 5.02 Å². The van der Waals surface area contributed by atoms with Crippen LogP contribution in [0.25, 0.3) is 0 Å². The van der Waals surface area contributed by atoms with E-state index in [0.717, 1.165) is 11.3 Å². The van der Waals surface area contributed by atoms with E-state index >= 15 is 0 Å². The van der Waals surface area contributed by atoms with Crippen LogP contribution in [0.4, 0.5) is 17.1 Å². The van der Waals surface area contributed by atoms with Crippen LogP contribution in [-0.4, -0.2) is 18.4 Å². The van der Waals surface area contributed by atoms with Crippen molar-refractivity contribution in [3.63, 3.8) is 0 Å². The fraction of sp³-hybridized carbons (Fsp3) is 0.100. The Bertz CT molecular complexity index is 955. The van der Waals surface area contributed by atoms with Crippen molar-refractivity contribution < 1.29 is 14.0 Å². The van der Waals surface area contributed by atoms with Gasteiger partial charge in [0.15, 0.2) is 5.76 Å². The van der Waals surface area contributed by atoms with Crippen LogP contribution in [-0.2, 0) is 4.79 Å². The monoisotopic (exact) mass is 383 g/mol. The Morgan fingerprint density at radius 1 is 1.00 bits per heavy atom. The third kappa shape index (κ3) is 5.12. The first-order valence-electron chi connectivity index (χ1n) is 8.26. The van der Waals surface area contributed by atoms with Gasteiger partial charge in [0.05, 0.1) is 24.2 Å². The summed E-state index contributed by atoms with van der Waals surface area (Å²) in [7, 11) is 0. The van der Waals surface area contributed by atoms with Crippen molar-refractivity contribution in [3.8, 4) is 0 Å². The largest absolute Gasteiger partial charge is 0.459 e. The fourth-order valence-corrected chi connectivity index (χ4v) is 2.64. The van der Waals surface area contributed by atoms with E-state index in [9.17, 15) is 9.59 Å². The van der Waals surface area contributed by atoms with Crippen molar-refractivity contribution in [3.05, 3.63) is 77.2 Å². The van der Waals surface area contributed by atoms with Crippen LogP contribution in [0, 0.1) is 6.92 Å². The Morgan fingerprint density at radius 3 is 2.59 bits per heavy atom. The Labute approximate surface area is 161 Å². The highest BCUT2D eigenvalue weighted by Gasteiger charge is 2.13. The zero-order valence-corrected chi connectivity index (χ0v) is 15.3. The molecular formula is C20H18ClN3O3. The second-order valence-electron chi connectivity index (χ2n) is 5.89. The van der Waals surface area contributed by atoms with Crippen molar-refractivity contribution in [2.45, 2.75) is 6.92 Å². The van der Waals surface area contributed by atoms with Gasteiger partial charge in [0.1, 0.15) is 0 Å². The van der Waals surface area contributed by atoms with Gasteiger partial charge in [-0.1, -0.05) is 23.7 Å². The molecule has 0 unspecified atom stereocenters. The minimum absolute atomic E-state index is 0.0270. The van der Waals surface area contributed by atoms with E-state index in [4.69, 9.17) is 16.0 Å². The second kappa shape index (κ2) is 8.42. The molecule has 0 radical (unpaired) electrons. The molecule has 0 spiro atoms. The average molecular weight is 384 g/mol. The fourth-order valence-electron chi connectivity index (χ4n) is 2.47. The third-order valence-electron chi connectivity index (χ3n) is 3.72. The maximum absolute atomic E-state index is 12.2. The van der Waals surface area contributed by atoms with Crippen LogP contribution < -0.4 is 16.0 Å². The first kappa shape index (κ1) is 18.5. The predicted octanol–water partition coefficient (Wildman–Crippen LogP) is 4.54. The van der Waals surface area contributed by atoms with E-state index in [2.05, 4.69) is 16.0 Å². The zero-order chi connectivity index (χ0) is 19.2. The number of rotatable bonds is 6. The molecule has 3 aromatic rings. The van der Waals surface area contributed by atoms with E-state index in [1.165, 1.54) is 6.26 Å². The van der Waals surface area contributed by atoms with Gasteiger partial charge in [-0.2, -0.15) is 0 Å². The van der Waals surface area contributed by atoms with Gasteiger partial charge in [0, 0.05) is 10.7 Å². The number of halogens is 1. The Morgan fingerprint density at radius 2 is 1.85 bits per heavy atom. The normalized spacial score (nSPS) is 10.3. The molecule has 7 heteroatoms. The summed E-state index contributed by atoms with van der Waals surface area (Å²) in [6, 6.07) is 15.7. The molecule has 6 nitrogen and oxygen atoms in total. The second-order valence-corrected chi connectivity index (χ2v) is 6.33. The van der Waals surface area contributed by atoms with Crippen LogP contribution in [0.15, 0.2) is 65.3 Å². The molecule has 138 valence electrons. The van der Waals surface area contributed by atoms with Crippen molar-refractivity contribution in [2.75, 3.05) is 22.5 Å². The number of furan rings is 1. The standard InChI is InChI=1S/C20H18ClN3O3/c1-13-4-2-5-15(10-13)23-19(25)12-22-16-8-7-14(21)11-17(16)24-20(26)18-6-3-9-27-18/h2-11,22H,12H2,1H3,(H,23,25)(H,24,26). The lowest BCUT2D eigenvalue weighted by molar-refractivity contribution is -0.114. The molecule has 0 saturated carbocycles. The van der Waals surface area contributed by atoms with Crippen molar-refractivity contribution in [1.29, 1.82) is 0 Å². The van der Waals surface area contributed by atoms with E-state index in [1.807, 2.05) is 31.2 Å². The van der Waals surface area contributed by atoms with Crippen LogP contribution >= 0.6 is 11.6 Å². The lowest BCUT2D eigenvalue weighted by atomic mass is 10.2. The molecule has 0 fully saturated rings. The van der Waals surface area contributed by atoms with E-state index in [0.29, 0.717) is 16.4 Å². The summed E-state index contributed by atoms with van der Waals surface area (Å²) >= 11 is 6.03. The molecule has 0 saturated heterocycles. The SMILES string of the molecule is Cc1cccc(NC(=O)CNc2ccc(Cl)cc2NC(=O)c2ccco2)c1. The number of anilines is 3. The maximum Gasteiger partial charge on any atom is 0.291 e. The average Bonchev–Trinajstić information content (AvgIpc) is 3.16. The molecule has 0 aliphatic rings. The van der Waals surface area contributed by atoms with Gasteiger partial charge in [-0.25, -0.2) is 0 Å². The number of hydrogen-bond donors (Lipinski definition) is 3. The number of carbonyl (C=O) groups excluding carboxylic acids is 2. The highest BCUT2D eigenvalue weighted by molar-refractivity contribution is 6.31. The first-order chi connectivity index (χ1) is 13.0. The minimum Gasteiger partial charge on any atom is -0.459 e. The van der Waals surface area contributed by atoms with Gasteiger partial charge in [0.2, 0.25) is 5.91 Å². The number of hydrogen-bond acceptors (Lipinski definition) is 4. The number of benzene rings is 2. The Kier molecular flexibility index (Phi) is 5.78. The molecule has 0 atom stereocenters. The molecule has 1 aromatic heterocycles. The van der Waals surface area contributed by atoms with Gasteiger partial charge >= 0.3 is 0 Å². The maximum atomic E-state index is 12.2. The summed E-state index contributed by atoms with van der Waals surface area (Å²) in [5, 5.41) is 9.01. The van der Waals surface area contributed by atoms with Crippen LogP contribution in [0.1, 0.15) is 16.1 Å². The van der Waals surface area contributed by atoms with Crippen LogP contribution in [0.3, 0.4) is 0 Å². The molecule has 0 aliphatic heterocycles. The highest BCUT2D eigenvalue weighted by atomic mass is 35.5. The molecule has 2 aromatic carbocycles. The number of aryl methyl sites for hydroxylation is 1. The number of amides is 2. The molecular weight excluding hydrogens is 366 g/mol. The van der Waals surface area contributed by atoms with E-state index in [-0.39, 0.29) is 18.2 Å². The van der Waals surface area contributed by atoms with Crippen molar-refractivity contribution >= 4 is 40.5 Å². The zero-order valence-electron chi connectivity index (χ0n) is 14.6. The third-order valence-corrected chi connectivity index (χ3v) is 3.95. The number of nitrogens with one attached hydrogen (secondary N) is 3. The summed E-state index contributed by atoms with van der Waals surface area (Å²) in [5.74, 6) is -0.438. The smallest absolute Gasteiger partial charge is 0.291 e. The quantitative estimate of drug-likeness (QED) is 0.583. The summed E-state index contributed by atoms with van der Waals surface area (Å²) in [6.07, 6.45) is 1.42. The topological polar surface area (TPSA) is 83.4 Å². The molecule has 3 rings (SSSR count). The molecule has 3 N–H and O–H groups in total. The lowest BCUT2D eigenvalue weighted by Crippen LogP contribution is -2.22. The molecule has 1 heterocycles. The highest BCUT2D eigenvalue weighted by Crippen LogP contribution is 2.26. The molecule has 2 amide bonds. The summed E-state index contributed by atoms with van der Waals surface area (Å²) in [4.78, 5) is 24.4.